The van der Waals surface area contributed by atoms with Gasteiger partial charge >= 0.3 is 0 Å². The van der Waals surface area contributed by atoms with Gasteiger partial charge < -0.3 is 0 Å². The van der Waals surface area contributed by atoms with Gasteiger partial charge in [0.2, 0.25) is 10.0 Å². The molecule has 6 heteroatoms. The third-order valence-corrected chi connectivity index (χ3v) is 5.31. The number of hydrogen-bond acceptors (Lipinski definition) is 3. The van der Waals surface area contributed by atoms with Crippen LogP contribution in [-0.4, -0.2) is 29.6 Å². The molecule has 0 bridgehead atoms. The highest BCUT2D eigenvalue weighted by Crippen LogP contribution is 2.19. The molecule has 5 nitrogen and oxygen atoms in total. The van der Waals surface area contributed by atoms with Crippen LogP contribution < -0.4 is 0 Å². The number of aryl methyl sites for hydroxylation is 2. The van der Waals surface area contributed by atoms with Gasteiger partial charge in [0.15, 0.2) is 0 Å². The Morgan fingerprint density at radius 3 is 2.30 bits per heavy atom. The summed E-state index contributed by atoms with van der Waals surface area (Å²) in [7, 11) is -0.0150. The Hall–Kier alpha value is -1.66. The van der Waals surface area contributed by atoms with E-state index >= 15 is 0 Å². The highest BCUT2D eigenvalue weighted by atomic mass is 32.2. The van der Waals surface area contributed by atoms with E-state index in [-0.39, 0.29) is 0 Å². The Kier molecular flexibility index (Phi) is 3.96. The zero-order chi connectivity index (χ0) is 14.9. The fourth-order valence-corrected chi connectivity index (χ4v) is 3.29. The zero-order valence-electron chi connectivity index (χ0n) is 12.2. The fraction of sp³-hybridized carbons (Fsp3) is 0.357. The molecule has 1 aromatic carbocycles. The summed E-state index contributed by atoms with van der Waals surface area (Å²) in [5, 5.41) is 4.31. The van der Waals surface area contributed by atoms with Gasteiger partial charge in [0.25, 0.3) is 0 Å². The number of nitrogens with zero attached hydrogens (tertiary/aromatic N) is 3. The average molecular weight is 293 g/mol. The first-order valence-corrected chi connectivity index (χ1v) is 7.78. The second-order valence-corrected chi connectivity index (χ2v) is 6.89. The molecule has 20 heavy (non-hydrogen) atoms. The van der Waals surface area contributed by atoms with Crippen molar-refractivity contribution in [3.8, 4) is 0 Å². The molecule has 0 saturated carbocycles. The molecule has 1 aromatic heterocycles. The lowest BCUT2D eigenvalue weighted by molar-refractivity contribution is 0.465. The molecule has 0 aliphatic rings. The molecule has 2 aromatic rings. The minimum Gasteiger partial charge on any atom is -0.272 e. The molecule has 0 saturated heterocycles. The molecular formula is C14H19N3O2S. The van der Waals surface area contributed by atoms with Crippen LogP contribution >= 0.6 is 0 Å². The smallest absolute Gasteiger partial charge is 0.243 e. The molecule has 1 heterocycles. The van der Waals surface area contributed by atoms with Gasteiger partial charge in [-0.2, -0.15) is 9.40 Å². The van der Waals surface area contributed by atoms with Crippen molar-refractivity contribution in [3.63, 3.8) is 0 Å². The third kappa shape index (κ3) is 2.62. The van der Waals surface area contributed by atoms with Crippen LogP contribution in [0.3, 0.4) is 0 Å². The van der Waals surface area contributed by atoms with Crippen LogP contribution in [0, 0.1) is 13.8 Å². The van der Waals surface area contributed by atoms with Crippen molar-refractivity contribution in [2.24, 2.45) is 7.05 Å². The number of aromatic nitrogens is 2. The summed E-state index contributed by atoms with van der Waals surface area (Å²) in [6.45, 7) is 4.16. The molecule has 0 radical (unpaired) electrons. The van der Waals surface area contributed by atoms with Crippen molar-refractivity contribution in [2.45, 2.75) is 25.3 Å². The largest absolute Gasteiger partial charge is 0.272 e. The first-order valence-electron chi connectivity index (χ1n) is 6.34. The van der Waals surface area contributed by atoms with Crippen LogP contribution in [0.1, 0.15) is 17.0 Å². The Balaban J connectivity index is 2.31. The van der Waals surface area contributed by atoms with E-state index in [0.29, 0.717) is 11.4 Å². The molecule has 0 N–H and O–H groups in total. The standard InChI is InChI=1S/C14H19N3O2S/c1-11-14(12(2)17(4)15-11)10-16(3)20(18,19)13-8-6-5-7-9-13/h5-9H,10H2,1-4H3. The monoisotopic (exact) mass is 293 g/mol. The van der Waals surface area contributed by atoms with Gasteiger partial charge in [-0.05, 0) is 26.0 Å². The van der Waals surface area contributed by atoms with Gasteiger partial charge in [0.1, 0.15) is 0 Å². The maximum atomic E-state index is 12.5. The van der Waals surface area contributed by atoms with Gasteiger partial charge in [0, 0.05) is 31.9 Å². The molecule has 0 amide bonds. The van der Waals surface area contributed by atoms with Gasteiger partial charge in [-0.25, -0.2) is 8.42 Å². The predicted octanol–water partition coefficient (Wildman–Crippen LogP) is 1.86. The highest BCUT2D eigenvalue weighted by Gasteiger charge is 2.22. The lowest BCUT2D eigenvalue weighted by Gasteiger charge is -2.17. The molecular weight excluding hydrogens is 274 g/mol. The molecule has 2 rings (SSSR count). The van der Waals surface area contributed by atoms with Crippen LogP contribution in [0.2, 0.25) is 0 Å². The topological polar surface area (TPSA) is 55.2 Å². The van der Waals surface area contributed by atoms with Crippen molar-refractivity contribution < 1.29 is 8.42 Å². The van der Waals surface area contributed by atoms with Crippen LogP contribution in [-0.2, 0) is 23.6 Å². The Bertz CT molecular complexity index is 706. The van der Waals surface area contributed by atoms with Crippen molar-refractivity contribution >= 4 is 10.0 Å². The molecule has 108 valence electrons. The fourth-order valence-electron chi connectivity index (χ4n) is 2.13. The first-order chi connectivity index (χ1) is 9.34. The van der Waals surface area contributed by atoms with Crippen LogP contribution in [0.25, 0.3) is 0 Å². The molecule has 0 aliphatic carbocycles. The van der Waals surface area contributed by atoms with Crippen LogP contribution in [0.15, 0.2) is 35.2 Å². The average Bonchev–Trinajstić information content (AvgIpc) is 2.66. The van der Waals surface area contributed by atoms with Gasteiger partial charge in [-0.15, -0.1) is 0 Å². The van der Waals surface area contributed by atoms with E-state index in [2.05, 4.69) is 5.10 Å². The summed E-state index contributed by atoms with van der Waals surface area (Å²) in [6, 6.07) is 8.46. The minimum atomic E-state index is -3.47. The summed E-state index contributed by atoms with van der Waals surface area (Å²) in [4.78, 5) is 0.307. The zero-order valence-corrected chi connectivity index (χ0v) is 13.0. The van der Waals surface area contributed by atoms with E-state index in [1.807, 2.05) is 20.9 Å². The summed E-state index contributed by atoms with van der Waals surface area (Å²) >= 11 is 0. The van der Waals surface area contributed by atoms with Gasteiger partial charge in [0.05, 0.1) is 10.6 Å². The SMILES string of the molecule is Cc1nn(C)c(C)c1CN(C)S(=O)(=O)c1ccccc1. The first kappa shape index (κ1) is 14.7. The van der Waals surface area contributed by atoms with Crippen molar-refractivity contribution in [2.75, 3.05) is 7.05 Å². The van der Waals surface area contributed by atoms with E-state index < -0.39 is 10.0 Å². The third-order valence-electron chi connectivity index (χ3n) is 3.49. The van der Waals surface area contributed by atoms with Crippen molar-refractivity contribution in [1.29, 1.82) is 0 Å². The lowest BCUT2D eigenvalue weighted by Crippen LogP contribution is -2.27. The van der Waals surface area contributed by atoms with Crippen molar-refractivity contribution in [3.05, 3.63) is 47.3 Å². The van der Waals surface area contributed by atoms with Gasteiger partial charge in [-0.1, -0.05) is 18.2 Å². The molecule has 0 unspecified atom stereocenters. The van der Waals surface area contributed by atoms with Crippen LogP contribution in [0.5, 0.6) is 0 Å². The van der Waals surface area contributed by atoms with E-state index in [4.69, 9.17) is 0 Å². The summed E-state index contributed by atoms with van der Waals surface area (Å²) in [6.07, 6.45) is 0. The van der Waals surface area contributed by atoms with E-state index in [0.717, 1.165) is 17.0 Å². The summed E-state index contributed by atoms with van der Waals surface area (Å²) in [5.74, 6) is 0. The minimum absolute atomic E-state index is 0.307. The van der Waals surface area contributed by atoms with Gasteiger partial charge in [-0.3, -0.25) is 4.68 Å². The van der Waals surface area contributed by atoms with E-state index in [1.165, 1.54) is 4.31 Å². The number of sulfonamides is 1. The Morgan fingerprint density at radius 2 is 1.80 bits per heavy atom. The second kappa shape index (κ2) is 5.38. The van der Waals surface area contributed by atoms with E-state index in [9.17, 15) is 8.42 Å². The molecule has 0 fully saturated rings. The quantitative estimate of drug-likeness (QED) is 0.864. The number of rotatable bonds is 4. The Labute approximate surface area is 119 Å². The molecule has 0 spiro atoms. The normalized spacial score (nSPS) is 12.1. The lowest BCUT2D eigenvalue weighted by atomic mass is 10.2. The van der Waals surface area contributed by atoms with Crippen molar-refractivity contribution in [1.82, 2.24) is 14.1 Å². The summed E-state index contributed by atoms with van der Waals surface area (Å²) < 4.78 is 28.1. The van der Waals surface area contributed by atoms with Crippen LogP contribution in [0.4, 0.5) is 0 Å². The maximum Gasteiger partial charge on any atom is 0.243 e. The van der Waals surface area contributed by atoms with E-state index in [1.54, 1.807) is 42.1 Å². The molecule has 0 aliphatic heterocycles. The number of hydrogen-bond donors (Lipinski definition) is 0. The number of benzene rings is 1. The second-order valence-electron chi connectivity index (χ2n) is 4.85. The Morgan fingerprint density at radius 1 is 1.20 bits per heavy atom. The maximum absolute atomic E-state index is 12.5. The summed E-state index contributed by atoms with van der Waals surface area (Å²) in [5.41, 5.74) is 2.80. The predicted molar refractivity (Wildman–Crippen MR) is 77.8 cm³/mol. The molecule has 0 atom stereocenters. The highest BCUT2D eigenvalue weighted by molar-refractivity contribution is 7.89.